The molecule has 0 saturated carbocycles. The minimum atomic E-state index is 0.296. The molecule has 0 bridgehead atoms. The van der Waals surface area contributed by atoms with Crippen molar-refractivity contribution in [1.29, 1.82) is 0 Å². The number of nitrogens with zero attached hydrogens (tertiary/aromatic N) is 1. The van der Waals surface area contributed by atoms with Gasteiger partial charge < -0.3 is 10.8 Å². The molecule has 1 aromatic carbocycles. The summed E-state index contributed by atoms with van der Waals surface area (Å²) in [6.45, 7) is 3.04. The Kier molecular flexibility index (Phi) is 5.17. The maximum atomic E-state index is 9.14. The second kappa shape index (κ2) is 6.88. The lowest BCUT2D eigenvalue weighted by Crippen LogP contribution is -2.39. The van der Waals surface area contributed by atoms with Crippen molar-refractivity contribution < 1.29 is 5.11 Å². The number of aliphatic hydroxyl groups is 1. The fourth-order valence-corrected chi connectivity index (χ4v) is 2.83. The van der Waals surface area contributed by atoms with Crippen molar-refractivity contribution in [2.45, 2.75) is 44.8 Å². The van der Waals surface area contributed by atoms with Gasteiger partial charge in [-0.05, 0) is 36.9 Å². The number of aliphatic hydroxyl groups excluding tert-OH is 1. The highest BCUT2D eigenvalue weighted by Gasteiger charge is 2.21. The highest BCUT2D eigenvalue weighted by atomic mass is 16.3. The lowest BCUT2D eigenvalue weighted by Gasteiger charge is -2.35. The smallest absolute Gasteiger partial charge is 0.0445 e. The summed E-state index contributed by atoms with van der Waals surface area (Å²) in [6, 6.07) is 9.08. The molecule has 1 aliphatic rings. The van der Waals surface area contributed by atoms with E-state index in [1.54, 1.807) is 0 Å². The first-order chi connectivity index (χ1) is 8.83. The van der Waals surface area contributed by atoms with Gasteiger partial charge in [0.2, 0.25) is 0 Å². The number of rotatable bonds is 5. The topological polar surface area (TPSA) is 49.5 Å². The second-order valence-corrected chi connectivity index (χ2v) is 5.16. The third-order valence-corrected chi connectivity index (χ3v) is 3.82. The molecule has 1 atom stereocenters. The minimum Gasteiger partial charge on any atom is -0.396 e. The highest BCUT2D eigenvalue weighted by molar-refractivity contribution is 5.23. The Morgan fingerprint density at radius 1 is 1.28 bits per heavy atom. The average molecular weight is 248 g/mol. The summed E-state index contributed by atoms with van der Waals surface area (Å²) < 4.78 is 0. The molecule has 1 fully saturated rings. The van der Waals surface area contributed by atoms with E-state index in [0.29, 0.717) is 19.2 Å². The number of hydrogen-bond donors (Lipinski definition) is 2. The van der Waals surface area contributed by atoms with Crippen LogP contribution in [0.4, 0.5) is 0 Å². The van der Waals surface area contributed by atoms with Crippen molar-refractivity contribution >= 4 is 0 Å². The van der Waals surface area contributed by atoms with Gasteiger partial charge in [-0.15, -0.1) is 0 Å². The number of benzene rings is 1. The maximum absolute atomic E-state index is 9.14. The lowest BCUT2D eigenvalue weighted by atomic mass is 9.98. The third kappa shape index (κ3) is 3.55. The van der Waals surface area contributed by atoms with Gasteiger partial charge in [0.05, 0.1) is 0 Å². The van der Waals surface area contributed by atoms with Crippen LogP contribution in [0.3, 0.4) is 0 Å². The van der Waals surface area contributed by atoms with Gasteiger partial charge in [0.1, 0.15) is 0 Å². The molecule has 18 heavy (non-hydrogen) atoms. The van der Waals surface area contributed by atoms with Crippen LogP contribution in [-0.4, -0.2) is 29.2 Å². The number of nitrogens with two attached hydrogens (primary N) is 1. The molecule has 0 spiro atoms. The Morgan fingerprint density at radius 3 is 2.89 bits per heavy atom. The number of piperidine rings is 1. The molecule has 2 rings (SSSR count). The molecule has 100 valence electrons. The van der Waals surface area contributed by atoms with Crippen molar-refractivity contribution in [3.8, 4) is 0 Å². The van der Waals surface area contributed by atoms with Crippen molar-refractivity contribution in [2.24, 2.45) is 5.73 Å². The molecule has 3 N–H and O–H groups in total. The lowest BCUT2D eigenvalue weighted by molar-refractivity contribution is 0.112. The van der Waals surface area contributed by atoms with E-state index in [-0.39, 0.29) is 0 Å². The van der Waals surface area contributed by atoms with Crippen LogP contribution < -0.4 is 5.73 Å². The van der Waals surface area contributed by atoms with Crippen LogP contribution in [0.25, 0.3) is 0 Å². The molecule has 0 amide bonds. The van der Waals surface area contributed by atoms with Gasteiger partial charge in [-0.3, -0.25) is 4.90 Å². The summed E-state index contributed by atoms with van der Waals surface area (Å²) in [6.07, 6.45) is 4.69. The van der Waals surface area contributed by atoms with E-state index >= 15 is 0 Å². The van der Waals surface area contributed by atoms with E-state index in [2.05, 4.69) is 29.2 Å². The zero-order valence-electron chi connectivity index (χ0n) is 11.0. The maximum Gasteiger partial charge on any atom is 0.0445 e. The van der Waals surface area contributed by atoms with E-state index in [1.807, 2.05) is 0 Å². The molecule has 1 aliphatic heterocycles. The monoisotopic (exact) mass is 248 g/mol. The van der Waals surface area contributed by atoms with Crippen molar-refractivity contribution in [3.05, 3.63) is 35.4 Å². The molecule has 0 aromatic heterocycles. The third-order valence-electron chi connectivity index (χ3n) is 3.82. The van der Waals surface area contributed by atoms with Crippen LogP contribution in [0.2, 0.25) is 0 Å². The SMILES string of the molecule is NCc1cccc(CN2CCCCC2CCO)c1. The minimum absolute atomic E-state index is 0.296. The molecular weight excluding hydrogens is 224 g/mol. The van der Waals surface area contributed by atoms with Gasteiger partial charge in [-0.1, -0.05) is 30.7 Å². The van der Waals surface area contributed by atoms with Gasteiger partial charge in [-0.2, -0.15) is 0 Å². The highest BCUT2D eigenvalue weighted by Crippen LogP contribution is 2.22. The Bertz CT molecular complexity index is 365. The van der Waals surface area contributed by atoms with Crippen LogP contribution in [0, 0.1) is 0 Å². The normalized spacial score (nSPS) is 21.1. The van der Waals surface area contributed by atoms with Gasteiger partial charge in [-0.25, -0.2) is 0 Å². The quantitative estimate of drug-likeness (QED) is 0.836. The first-order valence-electron chi connectivity index (χ1n) is 6.96. The van der Waals surface area contributed by atoms with E-state index in [1.165, 1.54) is 30.4 Å². The fourth-order valence-electron chi connectivity index (χ4n) is 2.83. The Morgan fingerprint density at radius 2 is 2.11 bits per heavy atom. The molecule has 1 aromatic rings. The molecule has 3 nitrogen and oxygen atoms in total. The molecule has 0 radical (unpaired) electrons. The van der Waals surface area contributed by atoms with Crippen LogP contribution in [0.15, 0.2) is 24.3 Å². The standard InChI is InChI=1S/C15H24N2O/c16-11-13-4-3-5-14(10-13)12-17-8-2-1-6-15(17)7-9-18/h3-5,10,15,18H,1-2,6-9,11-12,16H2. The molecule has 1 unspecified atom stereocenters. The number of likely N-dealkylation sites (tertiary alicyclic amines) is 1. The number of hydrogen-bond acceptors (Lipinski definition) is 3. The summed E-state index contributed by atoms with van der Waals surface area (Å²) in [5.41, 5.74) is 8.21. The molecule has 1 heterocycles. The van der Waals surface area contributed by atoms with Gasteiger partial charge >= 0.3 is 0 Å². The van der Waals surface area contributed by atoms with Crippen molar-refractivity contribution in [3.63, 3.8) is 0 Å². The van der Waals surface area contributed by atoms with Crippen LogP contribution in [-0.2, 0) is 13.1 Å². The van der Waals surface area contributed by atoms with Gasteiger partial charge in [0, 0.05) is 25.7 Å². The predicted octanol–water partition coefficient (Wildman–Crippen LogP) is 1.88. The summed E-state index contributed by atoms with van der Waals surface area (Å²) in [5, 5.41) is 9.14. The van der Waals surface area contributed by atoms with Crippen molar-refractivity contribution in [2.75, 3.05) is 13.2 Å². The van der Waals surface area contributed by atoms with Crippen LogP contribution in [0.5, 0.6) is 0 Å². The molecule has 0 aliphatic carbocycles. The summed E-state index contributed by atoms with van der Waals surface area (Å²) >= 11 is 0. The van der Waals surface area contributed by atoms with E-state index in [0.717, 1.165) is 19.5 Å². The Hall–Kier alpha value is -0.900. The van der Waals surface area contributed by atoms with E-state index in [4.69, 9.17) is 10.8 Å². The average Bonchev–Trinajstić information content (AvgIpc) is 2.41. The molecule has 1 saturated heterocycles. The Labute approximate surface area is 110 Å². The van der Waals surface area contributed by atoms with Crippen molar-refractivity contribution in [1.82, 2.24) is 4.90 Å². The van der Waals surface area contributed by atoms with Gasteiger partial charge in [0.25, 0.3) is 0 Å². The second-order valence-electron chi connectivity index (χ2n) is 5.16. The van der Waals surface area contributed by atoms with Crippen LogP contribution >= 0.6 is 0 Å². The molecular formula is C15H24N2O. The largest absolute Gasteiger partial charge is 0.396 e. The first kappa shape index (κ1) is 13.5. The summed E-state index contributed by atoms with van der Waals surface area (Å²) in [4.78, 5) is 2.51. The Balaban J connectivity index is 2.01. The zero-order chi connectivity index (χ0) is 12.8. The van der Waals surface area contributed by atoms with E-state index < -0.39 is 0 Å². The predicted molar refractivity (Wildman–Crippen MR) is 74.1 cm³/mol. The zero-order valence-corrected chi connectivity index (χ0v) is 11.0. The summed E-state index contributed by atoms with van der Waals surface area (Å²) in [7, 11) is 0. The fraction of sp³-hybridized carbons (Fsp3) is 0.600. The van der Waals surface area contributed by atoms with Crippen LogP contribution in [0.1, 0.15) is 36.8 Å². The summed E-state index contributed by atoms with van der Waals surface area (Å²) in [5.74, 6) is 0. The molecule has 3 heteroatoms. The van der Waals surface area contributed by atoms with Gasteiger partial charge in [0.15, 0.2) is 0 Å². The first-order valence-corrected chi connectivity index (χ1v) is 6.96. The van der Waals surface area contributed by atoms with E-state index in [9.17, 15) is 0 Å².